The number of aliphatic hydroxyl groups is 1. The van der Waals surface area contributed by atoms with Crippen LogP contribution in [0.15, 0.2) is 182 Å². The summed E-state index contributed by atoms with van der Waals surface area (Å²) in [6.07, 6.45) is 93.4. The molecule has 0 aromatic rings. The number of phosphoric ester groups is 2. The second kappa shape index (κ2) is 77.3. The molecule has 0 bridgehead atoms. The highest BCUT2D eigenvalue weighted by Gasteiger charge is 2.30. The summed E-state index contributed by atoms with van der Waals surface area (Å²) >= 11 is 0. The van der Waals surface area contributed by atoms with E-state index in [9.17, 15) is 43.2 Å². The summed E-state index contributed by atoms with van der Waals surface area (Å²) in [4.78, 5) is 73.0. The molecule has 0 amide bonds. The van der Waals surface area contributed by atoms with Crippen LogP contribution < -0.4 is 0 Å². The van der Waals surface area contributed by atoms with Crippen LogP contribution in [0.25, 0.3) is 0 Å². The van der Waals surface area contributed by atoms with Crippen molar-refractivity contribution in [1.82, 2.24) is 0 Å². The van der Waals surface area contributed by atoms with Crippen LogP contribution in [0.2, 0.25) is 0 Å². The van der Waals surface area contributed by atoms with Gasteiger partial charge in [-0.25, -0.2) is 9.13 Å². The smallest absolute Gasteiger partial charge is 0.462 e. The highest BCUT2D eigenvalue weighted by Crippen LogP contribution is 2.45. The van der Waals surface area contributed by atoms with Gasteiger partial charge in [0.1, 0.15) is 19.3 Å². The lowest BCUT2D eigenvalue weighted by Crippen LogP contribution is -2.30. The number of carbonyl (C=O) groups is 4. The maximum atomic E-state index is 13.1. The highest BCUT2D eigenvalue weighted by molar-refractivity contribution is 7.47. The molecular weight excluding hydrogens is 1380 g/mol. The van der Waals surface area contributed by atoms with Gasteiger partial charge in [0, 0.05) is 19.3 Å². The van der Waals surface area contributed by atoms with Crippen molar-refractivity contribution >= 4 is 39.5 Å². The first-order valence-electron chi connectivity index (χ1n) is 40.0. The molecular formula is C87H140O17P2. The van der Waals surface area contributed by atoms with Gasteiger partial charge in [-0.2, -0.15) is 0 Å². The standard InChI is InChI=1S/C87H140O17P2/c1-5-9-13-17-21-25-29-33-36-38-40-42-45-48-51-55-59-63-67-71-84(89)97-77-82(103-86(91)73-69-65-61-57-53-47-32-28-24-20-16-12-8-4)79-101-105(93,94)99-75-81(88)76-100-106(95,96)102-80-83(104-87(92)74-70-66-62-58-54-50-44-35-31-27-23-19-15-11-7-3)78-98-85(90)72-68-64-60-56-52-49-46-43-41-39-37-34-30-26-22-18-14-10-6-2/h9-11,13-15,21-23,25-27,33-37,40-44,48-49,51-52,54,58,66,70,81-83,88H,5-8,12,16-20,24,28-32,38-39,45-47,50,53,55-57,59-65,67-69,71-80H2,1-4H3,(H,93,94)(H,95,96)/b13-9-,14-10-,15-11-,25-21-,26-22-,27-23-,36-33-,37-34-,42-40-,43-41-,44-35-,51-48-,52-49-,58-54-,70-66-. The maximum absolute atomic E-state index is 13.1. The van der Waals surface area contributed by atoms with E-state index in [2.05, 4.69) is 186 Å². The van der Waals surface area contributed by atoms with Gasteiger partial charge in [0.05, 0.1) is 32.8 Å². The van der Waals surface area contributed by atoms with Crippen molar-refractivity contribution in [3.8, 4) is 0 Å². The van der Waals surface area contributed by atoms with E-state index in [1.165, 1.54) is 51.4 Å². The third kappa shape index (κ3) is 76.4. The molecule has 0 spiro atoms. The van der Waals surface area contributed by atoms with Crippen LogP contribution in [0, 0.1) is 0 Å². The molecule has 0 radical (unpaired) electrons. The number of rotatable bonds is 73. The lowest BCUT2D eigenvalue weighted by atomic mass is 10.0. The van der Waals surface area contributed by atoms with E-state index >= 15 is 0 Å². The van der Waals surface area contributed by atoms with Crippen LogP contribution in [0.3, 0.4) is 0 Å². The normalized spacial score (nSPS) is 14.8. The van der Waals surface area contributed by atoms with Gasteiger partial charge in [-0.15, -0.1) is 0 Å². The van der Waals surface area contributed by atoms with Crippen LogP contribution in [0.4, 0.5) is 0 Å². The van der Waals surface area contributed by atoms with Gasteiger partial charge in [0.15, 0.2) is 12.2 Å². The Labute approximate surface area is 641 Å². The zero-order valence-corrected chi connectivity index (χ0v) is 67.3. The minimum atomic E-state index is -5.02. The molecule has 0 saturated heterocycles. The first-order valence-corrected chi connectivity index (χ1v) is 43.0. The lowest BCUT2D eigenvalue weighted by Gasteiger charge is -2.21. The van der Waals surface area contributed by atoms with Gasteiger partial charge in [-0.3, -0.25) is 37.3 Å². The Kier molecular flexibility index (Phi) is 73.1. The first kappa shape index (κ1) is 100. The number of hydrogen-bond donors (Lipinski definition) is 3. The molecule has 5 unspecified atom stereocenters. The summed E-state index contributed by atoms with van der Waals surface area (Å²) < 4.78 is 68.4. The van der Waals surface area contributed by atoms with Crippen molar-refractivity contribution in [3.05, 3.63) is 182 Å². The molecule has 0 saturated carbocycles. The van der Waals surface area contributed by atoms with Crippen LogP contribution >= 0.6 is 15.6 Å². The Morgan fingerprint density at radius 1 is 0.283 bits per heavy atom. The van der Waals surface area contributed by atoms with Gasteiger partial charge >= 0.3 is 39.5 Å². The predicted molar refractivity (Wildman–Crippen MR) is 436 cm³/mol. The van der Waals surface area contributed by atoms with Crippen molar-refractivity contribution in [3.63, 3.8) is 0 Å². The fourth-order valence-electron chi connectivity index (χ4n) is 9.94. The summed E-state index contributed by atoms with van der Waals surface area (Å²) in [5.41, 5.74) is 0. The Balaban J connectivity index is 5.48. The fourth-order valence-corrected chi connectivity index (χ4v) is 11.5. The molecule has 600 valence electrons. The SMILES string of the molecule is CC/C=C\C/C=C\C/C=C\C/C=C\C/C=C\CCCCCC(=O)OCC(COP(=O)(O)OCC(O)COP(=O)(O)OCC(COC(=O)CCCCC/C=C\C/C=C\C/C=C\C/C=C\C/C=C\CC)OC(=O)CCCCCCCCCCCCCCC)OC(=O)C/C=C\C/C=C\C/C=C\C/C=C\C/C=C\CC. The molecule has 0 aromatic heterocycles. The number of unbranched alkanes of at least 4 members (excludes halogenated alkanes) is 18. The van der Waals surface area contributed by atoms with E-state index in [-0.39, 0.29) is 25.7 Å². The molecule has 0 heterocycles. The minimum Gasteiger partial charge on any atom is -0.462 e. The summed E-state index contributed by atoms with van der Waals surface area (Å²) in [6.45, 7) is 4.33. The number of phosphoric acid groups is 2. The number of ether oxygens (including phenoxy) is 4. The zero-order valence-electron chi connectivity index (χ0n) is 65.5. The van der Waals surface area contributed by atoms with E-state index in [1.54, 1.807) is 12.2 Å². The second-order valence-electron chi connectivity index (χ2n) is 25.9. The Morgan fingerprint density at radius 3 is 0.840 bits per heavy atom. The number of allylic oxidation sites excluding steroid dienone is 29. The predicted octanol–water partition coefficient (Wildman–Crippen LogP) is 23.6. The molecule has 3 N–H and O–H groups in total. The topological polar surface area (TPSA) is 237 Å². The minimum absolute atomic E-state index is 0.0807. The van der Waals surface area contributed by atoms with E-state index in [0.29, 0.717) is 25.7 Å². The Bertz CT molecular complexity index is 2730. The quantitative estimate of drug-likeness (QED) is 0.0169. The van der Waals surface area contributed by atoms with Gasteiger partial charge in [-0.1, -0.05) is 300 Å². The van der Waals surface area contributed by atoms with Crippen molar-refractivity contribution in [2.75, 3.05) is 39.6 Å². The number of esters is 4. The van der Waals surface area contributed by atoms with Crippen LogP contribution in [-0.4, -0.2) is 96.7 Å². The maximum Gasteiger partial charge on any atom is 0.472 e. The average molecular weight is 1520 g/mol. The summed E-state index contributed by atoms with van der Waals surface area (Å²) in [7, 11) is -10.0. The number of hydrogen-bond acceptors (Lipinski definition) is 15. The Morgan fingerprint density at radius 2 is 0.528 bits per heavy atom. The van der Waals surface area contributed by atoms with Crippen LogP contribution in [0.1, 0.15) is 285 Å². The van der Waals surface area contributed by atoms with Gasteiger partial charge < -0.3 is 33.8 Å². The monoisotopic (exact) mass is 1520 g/mol. The lowest BCUT2D eigenvalue weighted by molar-refractivity contribution is -0.161. The van der Waals surface area contributed by atoms with Gasteiger partial charge in [0.2, 0.25) is 0 Å². The van der Waals surface area contributed by atoms with Gasteiger partial charge in [0.25, 0.3) is 0 Å². The molecule has 0 aliphatic heterocycles. The molecule has 106 heavy (non-hydrogen) atoms. The van der Waals surface area contributed by atoms with Crippen molar-refractivity contribution in [2.24, 2.45) is 0 Å². The van der Waals surface area contributed by atoms with Crippen LogP contribution in [-0.2, 0) is 65.4 Å². The molecule has 5 atom stereocenters. The average Bonchev–Trinajstić information content (AvgIpc) is 0.933. The Hall–Kier alpha value is -5.84. The third-order valence-corrected chi connectivity index (χ3v) is 17.8. The molecule has 0 rings (SSSR count). The summed E-state index contributed by atoms with van der Waals surface area (Å²) in [5, 5.41) is 10.6. The third-order valence-electron chi connectivity index (χ3n) is 15.9. The largest absolute Gasteiger partial charge is 0.472 e. The van der Waals surface area contributed by atoms with Crippen molar-refractivity contribution in [2.45, 2.75) is 303 Å². The van der Waals surface area contributed by atoms with E-state index in [4.69, 9.17) is 37.0 Å². The first-order chi connectivity index (χ1) is 51.7. The second-order valence-corrected chi connectivity index (χ2v) is 28.8. The number of aliphatic hydroxyl groups excluding tert-OH is 1. The molecule has 0 aliphatic carbocycles. The molecule has 0 fully saturated rings. The molecule has 17 nitrogen and oxygen atoms in total. The van der Waals surface area contributed by atoms with E-state index in [0.717, 1.165) is 154 Å². The molecule has 0 aromatic carbocycles. The van der Waals surface area contributed by atoms with Gasteiger partial charge in [-0.05, 0) is 141 Å². The summed E-state index contributed by atoms with van der Waals surface area (Å²) in [6, 6.07) is 0. The molecule has 0 aliphatic rings. The summed E-state index contributed by atoms with van der Waals surface area (Å²) in [5.74, 6) is -2.41. The van der Waals surface area contributed by atoms with Crippen molar-refractivity contribution < 1.29 is 80.2 Å². The zero-order chi connectivity index (χ0) is 77.4. The van der Waals surface area contributed by atoms with E-state index < -0.39 is 97.5 Å². The van der Waals surface area contributed by atoms with Crippen molar-refractivity contribution in [1.29, 1.82) is 0 Å². The highest BCUT2D eigenvalue weighted by atomic mass is 31.2. The van der Waals surface area contributed by atoms with E-state index in [1.807, 2.05) is 12.2 Å². The molecule has 19 heteroatoms. The fraction of sp³-hybridized carbons (Fsp3) is 0.609. The number of carbonyl (C=O) groups excluding carboxylic acids is 4. The van der Waals surface area contributed by atoms with Crippen LogP contribution in [0.5, 0.6) is 0 Å².